The Morgan fingerprint density at radius 3 is 2.33 bits per heavy atom. The number of rotatable bonds is 13. The average molecular weight is 623 g/mol. The highest BCUT2D eigenvalue weighted by molar-refractivity contribution is 5.94. The topological polar surface area (TPSA) is 97.3 Å². The number of unbranched alkanes of at least 4 members (excludes halogenated alkanes) is 2. The van der Waals surface area contributed by atoms with Crippen LogP contribution in [0.5, 0.6) is 17.2 Å². The van der Waals surface area contributed by atoms with Gasteiger partial charge >= 0.3 is 5.97 Å². The molecular formula is C35H40F2N2O6. The largest absolute Gasteiger partial charge is 0.494 e. The van der Waals surface area contributed by atoms with Crippen molar-refractivity contribution in [2.45, 2.75) is 64.8 Å². The highest BCUT2D eigenvalue weighted by Crippen LogP contribution is 2.48. The van der Waals surface area contributed by atoms with Crippen molar-refractivity contribution < 1.29 is 37.7 Å². The molecule has 2 aliphatic heterocycles. The number of hydrogen-bond acceptors (Lipinski definition) is 6. The van der Waals surface area contributed by atoms with Crippen molar-refractivity contribution in [3.63, 3.8) is 0 Å². The molecule has 3 atom stereocenters. The van der Waals surface area contributed by atoms with E-state index in [4.69, 9.17) is 14.2 Å². The number of carboxylic acids is 1. The third-order valence-corrected chi connectivity index (χ3v) is 8.64. The van der Waals surface area contributed by atoms with Crippen LogP contribution in [0.4, 0.5) is 14.5 Å². The lowest BCUT2D eigenvalue weighted by molar-refractivity contribution is -0.143. The van der Waals surface area contributed by atoms with Crippen LogP contribution in [0.15, 0.2) is 48.5 Å². The predicted octanol–water partition coefficient (Wildman–Crippen LogP) is 6.87. The van der Waals surface area contributed by atoms with Crippen molar-refractivity contribution in [3.8, 4) is 17.2 Å². The molecule has 3 aromatic rings. The first-order valence-corrected chi connectivity index (χ1v) is 15.6. The molecule has 45 heavy (non-hydrogen) atoms. The van der Waals surface area contributed by atoms with Crippen molar-refractivity contribution in [1.82, 2.24) is 4.90 Å². The van der Waals surface area contributed by atoms with E-state index in [1.807, 2.05) is 43.0 Å². The number of aliphatic carboxylic acids is 1. The zero-order valence-corrected chi connectivity index (χ0v) is 25.9. The molecule has 1 unspecified atom stereocenters. The second-order valence-corrected chi connectivity index (χ2v) is 11.6. The molecule has 3 aromatic carbocycles. The van der Waals surface area contributed by atoms with Crippen LogP contribution in [0.1, 0.15) is 74.2 Å². The van der Waals surface area contributed by atoms with Gasteiger partial charge in [0, 0.05) is 24.2 Å². The maximum absolute atomic E-state index is 15.0. The number of likely N-dealkylation sites (tertiary alicyclic amines) is 1. The van der Waals surface area contributed by atoms with E-state index >= 15 is 0 Å². The number of halogens is 2. The van der Waals surface area contributed by atoms with Crippen molar-refractivity contribution in [2.75, 3.05) is 31.8 Å². The summed E-state index contributed by atoms with van der Waals surface area (Å²) in [5.41, 5.74) is 3.10. The molecular weight excluding hydrogens is 582 g/mol. The van der Waals surface area contributed by atoms with Crippen LogP contribution in [0, 0.1) is 17.6 Å². The maximum Gasteiger partial charge on any atom is 0.309 e. The first-order chi connectivity index (χ1) is 21.7. The van der Waals surface area contributed by atoms with Gasteiger partial charge in [0.25, 0.3) is 0 Å². The zero-order chi connectivity index (χ0) is 32.1. The number of nitrogens with one attached hydrogen (secondary N) is 1. The molecule has 0 aromatic heterocycles. The number of amides is 1. The van der Waals surface area contributed by atoms with Crippen molar-refractivity contribution >= 4 is 17.6 Å². The molecule has 8 nitrogen and oxygen atoms in total. The summed E-state index contributed by atoms with van der Waals surface area (Å²) in [7, 11) is 0. The number of fused-ring (bicyclic) bond motifs is 1. The van der Waals surface area contributed by atoms with Crippen LogP contribution in [0.25, 0.3) is 0 Å². The van der Waals surface area contributed by atoms with Crippen LogP contribution in [-0.2, 0) is 22.4 Å². The summed E-state index contributed by atoms with van der Waals surface area (Å²) >= 11 is 0. The summed E-state index contributed by atoms with van der Waals surface area (Å²) in [5.74, 6) is -3.16. The van der Waals surface area contributed by atoms with Gasteiger partial charge in [0.1, 0.15) is 11.6 Å². The van der Waals surface area contributed by atoms with Crippen LogP contribution < -0.4 is 19.5 Å². The quantitative estimate of drug-likeness (QED) is 0.201. The fourth-order valence-electron chi connectivity index (χ4n) is 6.44. The molecule has 1 saturated heterocycles. The van der Waals surface area contributed by atoms with Crippen molar-refractivity contribution in [3.05, 3.63) is 82.4 Å². The van der Waals surface area contributed by atoms with E-state index < -0.39 is 29.7 Å². The summed E-state index contributed by atoms with van der Waals surface area (Å²) in [6.07, 6.45) is 4.14. The Labute approximate surface area is 262 Å². The van der Waals surface area contributed by atoms with E-state index in [1.54, 1.807) is 6.07 Å². The molecule has 0 radical (unpaired) electrons. The van der Waals surface area contributed by atoms with Gasteiger partial charge in [-0.1, -0.05) is 45.7 Å². The molecule has 1 fully saturated rings. The molecule has 240 valence electrons. The number of carbonyl (C=O) groups is 2. The summed E-state index contributed by atoms with van der Waals surface area (Å²) < 4.78 is 45.7. The molecule has 0 spiro atoms. The molecule has 0 saturated carbocycles. The van der Waals surface area contributed by atoms with E-state index in [9.17, 15) is 23.5 Å². The summed E-state index contributed by atoms with van der Waals surface area (Å²) in [4.78, 5) is 28.4. The first kappa shape index (κ1) is 32.2. The number of carboxylic acid groups (broad SMARTS) is 1. The summed E-state index contributed by atoms with van der Waals surface area (Å²) in [6, 6.07) is 12.3. The van der Waals surface area contributed by atoms with E-state index in [0.717, 1.165) is 19.3 Å². The second kappa shape index (κ2) is 14.3. The van der Waals surface area contributed by atoms with E-state index in [2.05, 4.69) is 12.2 Å². The smallest absolute Gasteiger partial charge is 0.309 e. The van der Waals surface area contributed by atoms with E-state index in [-0.39, 0.29) is 43.1 Å². The third-order valence-electron chi connectivity index (χ3n) is 8.64. The lowest BCUT2D eigenvalue weighted by atomic mass is 9.82. The number of benzene rings is 3. The minimum Gasteiger partial charge on any atom is -0.494 e. The van der Waals surface area contributed by atoms with Crippen LogP contribution in [0.2, 0.25) is 0 Å². The van der Waals surface area contributed by atoms with E-state index in [0.29, 0.717) is 53.1 Å². The average Bonchev–Trinajstić information content (AvgIpc) is 3.66. The van der Waals surface area contributed by atoms with Crippen molar-refractivity contribution in [2.24, 2.45) is 5.92 Å². The Balaban J connectivity index is 1.47. The van der Waals surface area contributed by atoms with Gasteiger partial charge in [-0.15, -0.1) is 0 Å². The van der Waals surface area contributed by atoms with Gasteiger partial charge in [-0.05, 0) is 77.9 Å². The van der Waals surface area contributed by atoms with Gasteiger partial charge in [0.05, 0.1) is 19.1 Å². The van der Waals surface area contributed by atoms with Crippen LogP contribution in [-0.4, -0.2) is 48.4 Å². The summed E-state index contributed by atoms with van der Waals surface area (Å²) in [6.45, 7) is 6.42. The summed E-state index contributed by atoms with van der Waals surface area (Å²) in [5, 5.41) is 13.6. The number of carbonyl (C=O) groups excluding carboxylic acids is 1. The highest BCUT2D eigenvalue weighted by Gasteiger charge is 2.48. The van der Waals surface area contributed by atoms with Crippen LogP contribution >= 0.6 is 0 Å². The normalized spacial score (nSPS) is 19.1. The second-order valence-electron chi connectivity index (χ2n) is 11.6. The van der Waals surface area contributed by atoms with E-state index in [1.165, 1.54) is 18.2 Å². The standard InChI is InChI=1S/C35H40F2N2O6/c1-4-7-8-13-43-26-11-9-23(10-12-26)33-31(35(41)42)27(24-16-28(37)34-29(17-24)44-20-45-34)18-39(33)19-30(40)38-32-21(5-2)14-25(36)15-22(32)6-3/h9-12,14-17,27,31,33H,4-8,13,18-20H2,1-3H3,(H,38,40)(H,41,42)/t27-,31?,33+/m1/s1. The number of ether oxygens (including phenoxy) is 3. The monoisotopic (exact) mass is 622 g/mol. The Kier molecular flexibility index (Phi) is 10.2. The lowest BCUT2D eigenvalue weighted by Gasteiger charge is -2.27. The fraction of sp³-hybridized carbons (Fsp3) is 0.429. The number of nitrogens with zero attached hydrogens (tertiary/aromatic N) is 1. The zero-order valence-electron chi connectivity index (χ0n) is 25.9. The molecule has 2 aliphatic rings. The number of hydrogen-bond donors (Lipinski definition) is 2. The fourth-order valence-corrected chi connectivity index (χ4v) is 6.44. The lowest BCUT2D eigenvalue weighted by Crippen LogP contribution is -2.35. The molecule has 2 heterocycles. The van der Waals surface area contributed by atoms with Gasteiger partial charge in [0.15, 0.2) is 11.6 Å². The number of anilines is 1. The Morgan fingerprint density at radius 2 is 1.69 bits per heavy atom. The molecule has 0 aliphatic carbocycles. The molecule has 2 N–H and O–H groups in total. The van der Waals surface area contributed by atoms with Crippen LogP contribution in [0.3, 0.4) is 0 Å². The Bertz CT molecular complexity index is 1500. The first-order valence-electron chi connectivity index (χ1n) is 15.6. The Morgan fingerprint density at radius 1 is 0.978 bits per heavy atom. The molecule has 0 bridgehead atoms. The molecule has 1 amide bonds. The third kappa shape index (κ3) is 7.06. The predicted molar refractivity (Wildman–Crippen MR) is 166 cm³/mol. The van der Waals surface area contributed by atoms with Gasteiger partial charge in [0.2, 0.25) is 18.4 Å². The van der Waals surface area contributed by atoms with Crippen molar-refractivity contribution in [1.29, 1.82) is 0 Å². The molecule has 10 heteroatoms. The van der Waals surface area contributed by atoms with Gasteiger partial charge in [-0.2, -0.15) is 0 Å². The minimum atomic E-state index is -1.06. The minimum absolute atomic E-state index is 0.00341. The molecule has 5 rings (SSSR count). The highest BCUT2D eigenvalue weighted by atomic mass is 19.1. The Hall–Kier alpha value is -4.18. The SMILES string of the molecule is CCCCCOc1ccc([C@H]2C(C(=O)O)[C@@H](c3cc(F)c4c(c3)OCO4)CN2CC(=O)Nc2c(CC)cc(F)cc2CC)cc1. The van der Waals surface area contributed by atoms with Gasteiger partial charge in [-0.3, -0.25) is 14.5 Å². The maximum atomic E-state index is 15.0. The van der Waals surface area contributed by atoms with Gasteiger partial charge in [-0.25, -0.2) is 8.78 Å². The van der Waals surface area contributed by atoms with Gasteiger partial charge < -0.3 is 24.6 Å². The number of aryl methyl sites for hydroxylation is 2.